The number of aryl methyl sites for hydroxylation is 2. The Morgan fingerprint density at radius 3 is 2.45 bits per heavy atom. The molecule has 0 aliphatic carbocycles. The maximum absolute atomic E-state index is 5.53. The van der Waals surface area contributed by atoms with E-state index in [0.29, 0.717) is 12.5 Å². The van der Waals surface area contributed by atoms with E-state index in [1.807, 2.05) is 17.0 Å². The van der Waals surface area contributed by atoms with Gasteiger partial charge in [0.05, 0.1) is 11.0 Å². The molecule has 2 N–H and O–H groups in total. The lowest BCUT2D eigenvalue weighted by Crippen LogP contribution is -2.05. The maximum Gasteiger partial charge on any atom is 0.235 e. The van der Waals surface area contributed by atoms with Gasteiger partial charge in [-0.1, -0.05) is 0 Å². The van der Waals surface area contributed by atoms with Crippen LogP contribution in [0.1, 0.15) is 16.7 Å². The minimum Gasteiger partial charge on any atom is -0.330 e. The lowest BCUT2D eigenvalue weighted by atomic mass is 10.1. The Bertz CT molecular complexity index is 743. The largest absolute Gasteiger partial charge is 0.330 e. The van der Waals surface area contributed by atoms with Crippen LogP contribution < -0.4 is 5.73 Å². The molecule has 0 atom stereocenters. The second kappa shape index (κ2) is 5.02. The van der Waals surface area contributed by atoms with Crippen molar-refractivity contribution in [2.45, 2.75) is 20.3 Å². The first-order chi connectivity index (χ1) is 9.69. The average molecular weight is 267 g/mol. The number of nitrogens with two attached hydrogens (primary N) is 1. The Labute approximate surface area is 117 Å². The molecule has 0 bridgehead atoms. The molecule has 5 nitrogen and oxygen atoms in total. The summed E-state index contributed by atoms with van der Waals surface area (Å²) in [5, 5.41) is 0. The summed E-state index contributed by atoms with van der Waals surface area (Å²) in [4.78, 5) is 13.2. The van der Waals surface area contributed by atoms with Crippen LogP contribution in [0.5, 0.6) is 0 Å². The third-order valence-electron chi connectivity index (χ3n) is 3.50. The van der Waals surface area contributed by atoms with Crippen molar-refractivity contribution in [3.63, 3.8) is 0 Å². The van der Waals surface area contributed by atoms with Crippen molar-refractivity contribution in [3.8, 4) is 5.95 Å². The summed E-state index contributed by atoms with van der Waals surface area (Å²) in [6, 6.07) is 4.21. The van der Waals surface area contributed by atoms with E-state index in [0.717, 1.165) is 23.0 Å². The number of aromatic nitrogens is 4. The smallest absolute Gasteiger partial charge is 0.235 e. The van der Waals surface area contributed by atoms with Gasteiger partial charge in [0, 0.05) is 12.4 Å². The van der Waals surface area contributed by atoms with Crippen molar-refractivity contribution in [3.05, 3.63) is 47.5 Å². The first-order valence-corrected chi connectivity index (χ1v) is 6.64. The predicted octanol–water partition coefficient (Wildman–Crippen LogP) is 1.93. The van der Waals surface area contributed by atoms with E-state index in [9.17, 15) is 0 Å². The molecule has 0 aliphatic heterocycles. The summed E-state index contributed by atoms with van der Waals surface area (Å²) in [6.07, 6.45) is 6.20. The van der Waals surface area contributed by atoms with Gasteiger partial charge in [0.2, 0.25) is 5.95 Å². The number of benzene rings is 1. The standard InChI is InChI=1S/C15H17N5/c1-10-5-13-14(6-11(10)2)20(9-19-13)15-17-7-12(3-4-16)8-18-15/h5-9H,3-4,16H2,1-2H3. The minimum absolute atomic E-state index is 0.606. The van der Waals surface area contributed by atoms with E-state index in [1.54, 1.807) is 6.33 Å². The number of imidazole rings is 1. The van der Waals surface area contributed by atoms with Crippen LogP contribution in [-0.2, 0) is 6.42 Å². The zero-order valence-electron chi connectivity index (χ0n) is 11.7. The van der Waals surface area contributed by atoms with Crippen molar-refractivity contribution in [1.82, 2.24) is 19.5 Å². The highest BCUT2D eigenvalue weighted by atomic mass is 15.2. The molecule has 0 saturated carbocycles. The molecular weight excluding hydrogens is 250 g/mol. The summed E-state index contributed by atoms with van der Waals surface area (Å²) in [5.74, 6) is 0.636. The van der Waals surface area contributed by atoms with Gasteiger partial charge >= 0.3 is 0 Å². The molecule has 1 aromatic carbocycles. The molecule has 3 rings (SSSR count). The Morgan fingerprint density at radius 1 is 1.05 bits per heavy atom. The third-order valence-corrected chi connectivity index (χ3v) is 3.50. The Balaban J connectivity index is 2.07. The summed E-state index contributed by atoms with van der Waals surface area (Å²) < 4.78 is 1.91. The van der Waals surface area contributed by atoms with Gasteiger partial charge in [-0.15, -0.1) is 0 Å². The Kier molecular flexibility index (Phi) is 3.20. The zero-order valence-corrected chi connectivity index (χ0v) is 11.7. The Hall–Kier alpha value is -2.27. The Morgan fingerprint density at radius 2 is 1.75 bits per heavy atom. The molecule has 0 aliphatic rings. The maximum atomic E-state index is 5.53. The van der Waals surface area contributed by atoms with E-state index in [-0.39, 0.29) is 0 Å². The lowest BCUT2D eigenvalue weighted by molar-refractivity contribution is 0.899. The second-order valence-electron chi connectivity index (χ2n) is 4.97. The highest BCUT2D eigenvalue weighted by Gasteiger charge is 2.08. The number of fused-ring (bicyclic) bond motifs is 1. The van der Waals surface area contributed by atoms with Crippen LogP contribution >= 0.6 is 0 Å². The summed E-state index contributed by atoms with van der Waals surface area (Å²) >= 11 is 0. The summed E-state index contributed by atoms with van der Waals surface area (Å²) in [5.41, 5.74) is 11.0. The van der Waals surface area contributed by atoms with Gasteiger partial charge in [-0.05, 0) is 55.6 Å². The van der Waals surface area contributed by atoms with Crippen molar-refractivity contribution in [1.29, 1.82) is 0 Å². The van der Waals surface area contributed by atoms with Crippen molar-refractivity contribution < 1.29 is 0 Å². The van der Waals surface area contributed by atoms with Gasteiger partial charge in [0.1, 0.15) is 6.33 Å². The number of hydrogen-bond acceptors (Lipinski definition) is 4. The highest BCUT2D eigenvalue weighted by Crippen LogP contribution is 2.20. The van der Waals surface area contributed by atoms with Crippen molar-refractivity contribution >= 4 is 11.0 Å². The fourth-order valence-electron chi connectivity index (χ4n) is 2.19. The molecule has 2 aromatic heterocycles. The fraction of sp³-hybridized carbons (Fsp3) is 0.267. The van der Waals surface area contributed by atoms with E-state index < -0.39 is 0 Å². The van der Waals surface area contributed by atoms with Gasteiger partial charge in [0.25, 0.3) is 0 Å². The van der Waals surface area contributed by atoms with Crippen LogP contribution in [0.3, 0.4) is 0 Å². The normalized spacial score (nSPS) is 11.2. The molecule has 5 heteroatoms. The van der Waals surface area contributed by atoms with Gasteiger partial charge in [0.15, 0.2) is 0 Å². The van der Waals surface area contributed by atoms with Crippen LogP contribution in [0.2, 0.25) is 0 Å². The van der Waals surface area contributed by atoms with E-state index in [4.69, 9.17) is 5.73 Å². The van der Waals surface area contributed by atoms with Gasteiger partial charge in [-0.25, -0.2) is 15.0 Å². The minimum atomic E-state index is 0.606. The third kappa shape index (κ3) is 2.16. The molecule has 0 saturated heterocycles. The second-order valence-corrected chi connectivity index (χ2v) is 4.97. The first-order valence-electron chi connectivity index (χ1n) is 6.64. The molecule has 0 fully saturated rings. The topological polar surface area (TPSA) is 69.6 Å². The van der Waals surface area contributed by atoms with Crippen molar-refractivity contribution in [2.24, 2.45) is 5.73 Å². The quantitative estimate of drug-likeness (QED) is 0.787. The van der Waals surface area contributed by atoms with Gasteiger partial charge < -0.3 is 5.73 Å². The molecule has 20 heavy (non-hydrogen) atoms. The molecule has 0 spiro atoms. The van der Waals surface area contributed by atoms with Crippen molar-refractivity contribution in [2.75, 3.05) is 6.54 Å². The molecule has 0 unspecified atom stereocenters. The zero-order chi connectivity index (χ0) is 14.1. The molecule has 3 aromatic rings. The van der Waals surface area contributed by atoms with Crippen LogP contribution in [0.25, 0.3) is 17.0 Å². The van der Waals surface area contributed by atoms with Crippen LogP contribution in [0.15, 0.2) is 30.9 Å². The van der Waals surface area contributed by atoms with Crippen LogP contribution in [-0.4, -0.2) is 26.1 Å². The predicted molar refractivity (Wildman–Crippen MR) is 78.9 cm³/mol. The number of hydrogen-bond donors (Lipinski definition) is 1. The van der Waals surface area contributed by atoms with E-state index in [2.05, 4.69) is 40.9 Å². The SMILES string of the molecule is Cc1cc2ncn(-c3ncc(CCN)cn3)c2cc1C. The van der Waals surface area contributed by atoms with E-state index >= 15 is 0 Å². The average Bonchev–Trinajstić information content (AvgIpc) is 2.83. The van der Waals surface area contributed by atoms with Crippen LogP contribution in [0, 0.1) is 13.8 Å². The highest BCUT2D eigenvalue weighted by molar-refractivity contribution is 5.78. The molecule has 2 heterocycles. The van der Waals surface area contributed by atoms with Gasteiger partial charge in [-0.2, -0.15) is 0 Å². The lowest BCUT2D eigenvalue weighted by Gasteiger charge is -2.05. The molecule has 102 valence electrons. The van der Waals surface area contributed by atoms with Crippen LogP contribution in [0.4, 0.5) is 0 Å². The molecule has 0 amide bonds. The summed E-state index contributed by atoms with van der Waals surface area (Å²) in [6.45, 7) is 4.79. The summed E-state index contributed by atoms with van der Waals surface area (Å²) in [7, 11) is 0. The molecular formula is C15H17N5. The monoisotopic (exact) mass is 267 g/mol. The fourth-order valence-corrected chi connectivity index (χ4v) is 2.19. The molecule has 0 radical (unpaired) electrons. The van der Waals surface area contributed by atoms with Gasteiger partial charge in [-0.3, -0.25) is 4.57 Å². The first kappa shape index (κ1) is 12.7. The van der Waals surface area contributed by atoms with E-state index in [1.165, 1.54) is 11.1 Å². The number of nitrogens with zero attached hydrogens (tertiary/aromatic N) is 4. The number of rotatable bonds is 3.